The van der Waals surface area contributed by atoms with E-state index in [2.05, 4.69) is 13.5 Å². The number of unbranched alkanes of at least 4 members (excludes halogenated alkanes) is 2. The van der Waals surface area contributed by atoms with Crippen molar-refractivity contribution in [2.45, 2.75) is 84.0 Å². The predicted molar refractivity (Wildman–Crippen MR) is 122 cm³/mol. The smallest absolute Gasteiger partial charge is 0.314 e. The van der Waals surface area contributed by atoms with Crippen molar-refractivity contribution < 1.29 is 14.3 Å². The van der Waals surface area contributed by atoms with Gasteiger partial charge in [0, 0.05) is 5.56 Å². The van der Waals surface area contributed by atoms with Crippen molar-refractivity contribution in [1.82, 2.24) is 0 Å². The average molecular weight is 411 g/mol. The number of ether oxygens (including phenoxy) is 1. The molecule has 0 amide bonds. The summed E-state index contributed by atoms with van der Waals surface area (Å²) < 4.78 is 5.59. The second-order valence-corrected chi connectivity index (χ2v) is 9.40. The number of allylic oxidation sites excluding steroid dienone is 1. The van der Waals surface area contributed by atoms with E-state index < -0.39 is 0 Å². The highest BCUT2D eigenvalue weighted by Gasteiger charge is 2.33. The van der Waals surface area contributed by atoms with Crippen molar-refractivity contribution in [3.63, 3.8) is 0 Å². The number of hydrogen-bond donors (Lipinski definition) is 0. The Balaban J connectivity index is 1.39. The summed E-state index contributed by atoms with van der Waals surface area (Å²) in [6.07, 6.45) is 16.7. The lowest BCUT2D eigenvalue weighted by atomic mass is 9.68. The van der Waals surface area contributed by atoms with E-state index in [-0.39, 0.29) is 17.7 Å². The minimum absolute atomic E-state index is 0.0149. The molecule has 0 heterocycles. The summed E-state index contributed by atoms with van der Waals surface area (Å²) in [6.45, 7) is 5.78. The molecule has 0 aromatic heterocycles. The maximum Gasteiger partial charge on any atom is 0.314 e. The average Bonchev–Trinajstić information content (AvgIpc) is 2.80. The largest absolute Gasteiger partial charge is 0.426 e. The lowest BCUT2D eigenvalue weighted by Crippen LogP contribution is -2.30. The van der Waals surface area contributed by atoms with Gasteiger partial charge in [-0.3, -0.25) is 9.59 Å². The molecule has 0 N–H and O–H groups in total. The van der Waals surface area contributed by atoms with Crippen LogP contribution in [-0.4, -0.2) is 11.8 Å². The second-order valence-electron chi connectivity index (χ2n) is 9.40. The first kappa shape index (κ1) is 22.8. The molecule has 3 heteroatoms. The van der Waals surface area contributed by atoms with Crippen molar-refractivity contribution in [3.05, 3.63) is 42.5 Å². The molecule has 0 spiro atoms. The number of benzene rings is 1. The van der Waals surface area contributed by atoms with Gasteiger partial charge in [0.2, 0.25) is 0 Å². The summed E-state index contributed by atoms with van der Waals surface area (Å²) in [5.74, 6) is 2.93. The Labute approximate surface area is 182 Å². The van der Waals surface area contributed by atoms with Gasteiger partial charge in [0.05, 0.1) is 5.92 Å². The van der Waals surface area contributed by atoms with E-state index in [0.717, 1.165) is 43.4 Å². The zero-order chi connectivity index (χ0) is 21.3. The first-order valence-electron chi connectivity index (χ1n) is 12.1. The molecule has 0 aliphatic heterocycles. The van der Waals surface area contributed by atoms with Crippen molar-refractivity contribution in [2.75, 3.05) is 0 Å². The van der Waals surface area contributed by atoms with Crippen LogP contribution in [0.25, 0.3) is 0 Å². The van der Waals surface area contributed by atoms with Gasteiger partial charge in [-0.25, -0.2) is 0 Å². The zero-order valence-electron chi connectivity index (χ0n) is 18.6. The zero-order valence-corrected chi connectivity index (χ0v) is 18.6. The maximum absolute atomic E-state index is 12.6. The molecule has 3 rings (SSSR count). The third kappa shape index (κ3) is 6.30. The Bertz CT molecular complexity index is 689. The van der Waals surface area contributed by atoms with Crippen LogP contribution in [0.2, 0.25) is 0 Å². The molecule has 1 aromatic rings. The molecular weight excluding hydrogens is 372 g/mol. The summed E-state index contributed by atoms with van der Waals surface area (Å²) >= 11 is 0. The highest BCUT2D eigenvalue weighted by molar-refractivity contribution is 6.04. The van der Waals surface area contributed by atoms with E-state index in [1.165, 1.54) is 57.4 Å². The molecule has 1 aromatic carbocycles. The van der Waals surface area contributed by atoms with E-state index >= 15 is 0 Å². The van der Waals surface area contributed by atoms with Crippen LogP contribution in [0.4, 0.5) is 0 Å². The van der Waals surface area contributed by atoms with Crippen molar-refractivity contribution in [3.8, 4) is 5.75 Å². The standard InChI is InChI=1S/C27H38O3/c1-3-5-6-7-20-8-10-21(11-9-20)22-12-14-24(15-13-22)27(29)30-25-18-16-23(17-19-25)26(28)4-2/h4,16-22,24H,2-3,5-15H2,1H3. The molecule has 164 valence electrons. The van der Waals surface area contributed by atoms with E-state index in [4.69, 9.17) is 4.74 Å². The molecule has 0 bridgehead atoms. The summed E-state index contributed by atoms with van der Waals surface area (Å²) in [4.78, 5) is 24.2. The fourth-order valence-corrected chi connectivity index (χ4v) is 5.46. The van der Waals surface area contributed by atoms with Crippen LogP contribution in [0.5, 0.6) is 5.75 Å². The van der Waals surface area contributed by atoms with Crippen LogP contribution in [-0.2, 0) is 4.79 Å². The number of carbonyl (C=O) groups is 2. The predicted octanol–water partition coefficient (Wildman–Crippen LogP) is 7.15. The van der Waals surface area contributed by atoms with E-state index in [0.29, 0.717) is 11.3 Å². The van der Waals surface area contributed by atoms with Crippen LogP contribution in [0.15, 0.2) is 36.9 Å². The minimum Gasteiger partial charge on any atom is -0.426 e. The molecule has 2 aliphatic rings. The molecule has 3 nitrogen and oxygen atoms in total. The Morgan fingerprint density at radius 2 is 1.53 bits per heavy atom. The van der Waals surface area contributed by atoms with Gasteiger partial charge in [-0.1, -0.05) is 52.0 Å². The van der Waals surface area contributed by atoms with Gasteiger partial charge >= 0.3 is 5.97 Å². The topological polar surface area (TPSA) is 43.4 Å². The van der Waals surface area contributed by atoms with Crippen LogP contribution >= 0.6 is 0 Å². The quantitative estimate of drug-likeness (QED) is 0.143. The number of esters is 1. The van der Waals surface area contributed by atoms with E-state index in [1.54, 1.807) is 24.3 Å². The number of hydrogen-bond acceptors (Lipinski definition) is 3. The Morgan fingerprint density at radius 1 is 0.933 bits per heavy atom. The first-order valence-corrected chi connectivity index (χ1v) is 12.1. The molecule has 2 saturated carbocycles. The Kier molecular flexibility index (Phi) is 8.72. The van der Waals surface area contributed by atoms with Gasteiger partial charge in [0.25, 0.3) is 0 Å². The number of ketones is 1. The lowest BCUT2D eigenvalue weighted by molar-refractivity contribution is -0.140. The van der Waals surface area contributed by atoms with Crippen LogP contribution in [0.3, 0.4) is 0 Å². The molecule has 0 saturated heterocycles. The first-order chi connectivity index (χ1) is 14.6. The fourth-order valence-electron chi connectivity index (χ4n) is 5.46. The monoisotopic (exact) mass is 410 g/mol. The molecule has 30 heavy (non-hydrogen) atoms. The van der Waals surface area contributed by atoms with Crippen molar-refractivity contribution >= 4 is 11.8 Å². The summed E-state index contributed by atoms with van der Waals surface area (Å²) in [7, 11) is 0. The number of carbonyl (C=O) groups excluding carboxylic acids is 2. The SMILES string of the molecule is C=CC(=O)c1ccc(OC(=O)C2CCC(C3CCC(CCCCC)CC3)CC2)cc1. The molecule has 0 radical (unpaired) electrons. The lowest BCUT2D eigenvalue weighted by Gasteiger charge is -2.37. The highest BCUT2D eigenvalue weighted by Crippen LogP contribution is 2.42. The van der Waals surface area contributed by atoms with Gasteiger partial charge < -0.3 is 4.74 Å². The Morgan fingerprint density at radius 3 is 2.10 bits per heavy atom. The van der Waals surface area contributed by atoms with Crippen molar-refractivity contribution in [1.29, 1.82) is 0 Å². The van der Waals surface area contributed by atoms with Crippen LogP contribution in [0, 0.1) is 23.7 Å². The summed E-state index contributed by atoms with van der Waals surface area (Å²) in [5, 5.41) is 0. The van der Waals surface area contributed by atoms with Gasteiger partial charge in [-0.05, 0) is 86.6 Å². The van der Waals surface area contributed by atoms with Gasteiger partial charge in [-0.2, -0.15) is 0 Å². The maximum atomic E-state index is 12.6. The third-order valence-electron chi connectivity index (χ3n) is 7.42. The van der Waals surface area contributed by atoms with Crippen LogP contribution in [0.1, 0.15) is 94.3 Å². The Hall–Kier alpha value is -1.90. The fraction of sp³-hybridized carbons (Fsp3) is 0.630. The molecule has 2 fully saturated rings. The third-order valence-corrected chi connectivity index (χ3v) is 7.42. The molecule has 0 atom stereocenters. The van der Waals surface area contributed by atoms with Crippen LogP contribution < -0.4 is 4.74 Å². The van der Waals surface area contributed by atoms with Gasteiger partial charge in [-0.15, -0.1) is 0 Å². The molecular formula is C27H38O3. The van der Waals surface area contributed by atoms with Gasteiger partial charge in [0.15, 0.2) is 5.78 Å². The van der Waals surface area contributed by atoms with E-state index in [1.807, 2.05) is 0 Å². The number of rotatable bonds is 9. The minimum atomic E-state index is -0.124. The molecule has 2 aliphatic carbocycles. The summed E-state index contributed by atoms with van der Waals surface area (Å²) in [5.41, 5.74) is 0.561. The van der Waals surface area contributed by atoms with Crippen molar-refractivity contribution in [2.24, 2.45) is 23.7 Å². The normalized spacial score (nSPS) is 26.7. The van der Waals surface area contributed by atoms with E-state index in [9.17, 15) is 9.59 Å². The molecule has 0 unspecified atom stereocenters. The summed E-state index contributed by atoms with van der Waals surface area (Å²) in [6, 6.07) is 6.75. The van der Waals surface area contributed by atoms with Gasteiger partial charge in [0.1, 0.15) is 5.75 Å². The second kappa shape index (κ2) is 11.5. The highest BCUT2D eigenvalue weighted by atomic mass is 16.5.